The van der Waals surface area contributed by atoms with Gasteiger partial charge < -0.3 is 4.90 Å². The van der Waals surface area contributed by atoms with Gasteiger partial charge in [-0.3, -0.25) is 14.9 Å². The van der Waals surface area contributed by atoms with Gasteiger partial charge in [0.05, 0.1) is 21.0 Å². The van der Waals surface area contributed by atoms with Crippen molar-refractivity contribution in [3.8, 4) is 0 Å². The van der Waals surface area contributed by atoms with Crippen molar-refractivity contribution in [2.45, 2.75) is 13.0 Å². The third-order valence-corrected chi connectivity index (χ3v) is 4.59. The molecule has 1 amide bonds. The quantitative estimate of drug-likeness (QED) is 0.411. The van der Waals surface area contributed by atoms with Gasteiger partial charge in [0.2, 0.25) is 5.91 Å². The summed E-state index contributed by atoms with van der Waals surface area (Å²) in [6.07, 6.45) is 3.06. The van der Waals surface area contributed by atoms with Crippen molar-refractivity contribution in [1.29, 1.82) is 0 Å². The second kappa shape index (κ2) is 8.14. The van der Waals surface area contributed by atoms with Crippen molar-refractivity contribution in [3.05, 3.63) is 79.8 Å². The zero-order valence-corrected chi connectivity index (χ0v) is 15.2. The SMILES string of the molecule is C[C@@H](c1cccc([N+](=O)[O-])c1)N(C)C(=O)/C=C/c1ccc(Cl)c(Cl)c1. The van der Waals surface area contributed by atoms with Gasteiger partial charge >= 0.3 is 0 Å². The molecule has 0 fully saturated rings. The lowest BCUT2D eigenvalue weighted by molar-refractivity contribution is -0.384. The van der Waals surface area contributed by atoms with Crippen LogP contribution in [-0.2, 0) is 4.79 Å². The van der Waals surface area contributed by atoms with Crippen molar-refractivity contribution in [2.24, 2.45) is 0 Å². The first-order valence-electron chi connectivity index (χ1n) is 7.44. The summed E-state index contributed by atoms with van der Waals surface area (Å²) in [6.45, 7) is 1.81. The molecule has 2 rings (SSSR count). The Morgan fingerprint density at radius 2 is 1.92 bits per heavy atom. The number of halogens is 2. The zero-order chi connectivity index (χ0) is 18.6. The molecule has 0 saturated heterocycles. The third kappa shape index (κ3) is 4.81. The summed E-state index contributed by atoms with van der Waals surface area (Å²) < 4.78 is 0. The lowest BCUT2D eigenvalue weighted by Crippen LogP contribution is -2.28. The minimum Gasteiger partial charge on any atom is -0.335 e. The fraction of sp³-hybridized carbons (Fsp3) is 0.167. The van der Waals surface area contributed by atoms with Gasteiger partial charge in [-0.1, -0.05) is 41.4 Å². The Morgan fingerprint density at radius 1 is 1.20 bits per heavy atom. The van der Waals surface area contributed by atoms with E-state index in [0.717, 1.165) is 5.56 Å². The van der Waals surface area contributed by atoms with Gasteiger partial charge in [-0.25, -0.2) is 0 Å². The van der Waals surface area contributed by atoms with Crippen molar-refractivity contribution in [3.63, 3.8) is 0 Å². The predicted octanol–water partition coefficient (Wildman–Crippen LogP) is 5.13. The van der Waals surface area contributed by atoms with E-state index in [4.69, 9.17) is 23.2 Å². The van der Waals surface area contributed by atoms with Crippen LogP contribution in [0.5, 0.6) is 0 Å². The van der Waals surface area contributed by atoms with Crippen LogP contribution < -0.4 is 0 Å². The molecule has 2 aromatic carbocycles. The summed E-state index contributed by atoms with van der Waals surface area (Å²) in [5, 5.41) is 11.7. The molecule has 5 nitrogen and oxygen atoms in total. The predicted molar refractivity (Wildman–Crippen MR) is 99.8 cm³/mol. The molecule has 2 aromatic rings. The molecular weight excluding hydrogens is 363 g/mol. The van der Waals surface area contributed by atoms with E-state index in [-0.39, 0.29) is 17.6 Å². The number of likely N-dealkylation sites (N-methyl/N-ethyl adjacent to an activating group) is 1. The van der Waals surface area contributed by atoms with Gasteiger partial charge in [0.1, 0.15) is 0 Å². The number of amides is 1. The van der Waals surface area contributed by atoms with Crippen molar-refractivity contribution in [1.82, 2.24) is 4.90 Å². The second-order valence-electron chi connectivity index (χ2n) is 5.48. The standard InChI is InChI=1S/C18H16Cl2N2O3/c1-12(14-4-3-5-15(11-14)22(24)25)21(2)18(23)9-7-13-6-8-16(19)17(20)10-13/h3-12H,1-2H3/b9-7+/t12-/m0/s1. The van der Waals surface area contributed by atoms with Crippen LogP contribution in [0, 0.1) is 10.1 Å². The van der Waals surface area contributed by atoms with Crippen LogP contribution in [0.3, 0.4) is 0 Å². The molecule has 0 aliphatic heterocycles. The molecule has 0 aliphatic rings. The molecule has 1 atom stereocenters. The number of nitrogens with zero attached hydrogens (tertiary/aromatic N) is 2. The van der Waals surface area contributed by atoms with Crippen LogP contribution in [0.4, 0.5) is 5.69 Å². The number of carbonyl (C=O) groups is 1. The van der Waals surface area contributed by atoms with Crippen LogP contribution in [0.15, 0.2) is 48.5 Å². The largest absolute Gasteiger partial charge is 0.335 e. The first kappa shape index (κ1) is 19.0. The number of rotatable bonds is 5. The highest BCUT2D eigenvalue weighted by atomic mass is 35.5. The first-order chi connectivity index (χ1) is 11.8. The maximum atomic E-state index is 12.3. The minimum atomic E-state index is -0.456. The zero-order valence-electron chi connectivity index (χ0n) is 13.6. The number of hydrogen-bond acceptors (Lipinski definition) is 3. The number of hydrogen-bond donors (Lipinski definition) is 0. The molecule has 0 radical (unpaired) electrons. The van der Waals surface area contributed by atoms with E-state index in [0.29, 0.717) is 15.6 Å². The molecular formula is C18H16Cl2N2O3. The van der Waals surface area contributed by atoms with E-state index in [1.807, 2.05) is 6.92 Å². The van der Waals surface area contributed by atoms with E-state index < -0.39 is 4.92 Å². The maximum Gasteiger partial charge on any atom is 0.269 e. The number of carbonyl (C=O) groups excluding carboxylic acids is 1. The van der Waals surface area contributed by atoms with Crippen LogP contribution in [0.1, 0.15) is 24.1 Å². The van der Waals surface area contributed by atoms with Crippen molar-refractivity contribution in [2.75, 3.05) is 7.05 Å². The number of nitro benzene ring substituents is 1. The Kier molecular flexibility index (Phi) is 6.17. The molecule has 130 valence electrons. The fourth-order valence-corrected chi connectivity index (χ4v) is 2.52. The van der Waals surface area contributed by atoms with Gasteiger partial charge in [0, 0.05) is 25.3 Å². The summed E-state index contributed by atoms with van der Waals surface area (Å²) in [5.41, 5.74) is 1.43. The summed E-state index contributed by atoms with van der Waals surface area (Å²) in [6, 6.07) is 11.0. The summed E-state index contributed by atoms with van der Waals surface area (Å²) in [4.78, 5) is 24.3. The average Bonchev–Trinajstić information content (AvgIpc) is 2.61. The highest BCUT2D eigenvalue weighted by Crippen LogP contribution is 2.25. The van der Waals surface area contributed by atoms with E-state index in [9.17, 15) is 14.9 Å². The normalized spacial score (nSPS) is 12.2. The number of benzene rings is 2. The first-order valence-corrected chi connectivity index (χ1v) is 8.19. The van der Waals surface area contributed by atoms with Crippen molar-refractivity contribution < 1.29 is 9.72 Å². The lowest BCUT2D eigenvalue weighted by atomic mass is 10.1. The van der Waals surface area contributed by atoms with Crippen LogP contribution in [0.25, 0.3) is 6.08 Å². The van der Waals surface area contributed by atoms with Gasteiger partial charge in [0.25, 0.3) is 5.69 Å². The fourth-order valence-electron chi connectivity index (χ4n) is 2.21. The topological polar surface area (TPSA) is 63.5 Å². The molecule has 0 aliphatic carbocycles. The monoisotopic (exact) mass is 378 g/mol. The molecule has 0 N–H and O–H groups in total. The maximum absolute atomic E-state index is 12.3. The Hall–Kier alpha value is -2.37. The highest BCUT2D eigenvalue weighted by Gasteiger charge is 2.17. The smallest absolute Gasteiger partial charge is 0.269 e. The van der Waals surface area contributed by atoms with E-state index in [2.05, 4.69) is 0 Å². The second-order valence-corrected chi connectivity index (χ2v) is 6.30. The van der Waals surface area contributed by atoms with Gasteiger partial charge in [-0.2, -0.15) is 0 Å². The molecule has 0 spiro atoms. The van der Waals surface area contributed by atoms with Crippen LogP contribution in [-0.4, -0.2) is 22.8 Å². The summed E-state index contributed by atoms with van der Waals surface area (Å²) in [5.74, 6) is -0.231. The Bertz CT molecular complexity index is 837. The van der Waals surface area contributed by atoms with Crippen LogP contribution >= 0.6 is 23.2 Å². The Morgan fingerprint density at radius 3 is 2.56 bits per heavy atom. The van der Waals surface area contributed by atoms with Crippen molar-refractivity contribution >= 4 is 40.9 Å². The summed E-state index contributed by atoms with van der Waals surface area (Å²) in [7, 11) is 1.64. The van der Waals surface area contributed by atoms with E-state index in [1.54, 1.807) is 43.5 Å². The highest BCUT2D eigenvalue weighted by molar-refractivity contribution is 6.42. The molecule has 25 heavy (non-hydrogen) atoms. The van der Waals surface area contributed by atoms with Gasteiger partial charge in [-0.15, -0.1) is 0 Å². The van der Waals surface area contributed by atoms with Gasteiger partial charge in [-0.05, 0) is 36.3 Å². The summed E-state index contributed by atoms with van der Waals surface area (Å²) >= 11 is 11.8. The minimum absolute atomic E-state index is 0.00320. The molecule has 0 aromatic heterocycles. The number of non-ortho nitro benzene ring substituents is 1. The molecule has 7 heteroatoms. The molecule has 0 heterocycles. The van der Waals surface area contributed by atoms with Gasteiger partial charge in [0.15, 0.2) is 0 Å². The Balaban J connectivity index is 2.13. The van der Waals surface area contributed by atoms with E-state index in [1.165, 1.54) is 23.1 Å². The number of nitro groups is 1. The molecule has 0 unspecified atom stereocenters. The third-order valence-electron chi connectivity index (χ3n) is 3.85. The molecule has 0 bridgehead atoms. The lowest BCUT2D eigenvalue weighted by Gasteiger charge is -2.24. The Labute approximate surface area is 155 Å². The van der Waals surface area contributed by atoms with E-state index >= 15 is 0 Å². The average molecular weight is 379 g/mol. The molecule has 0 saturated carbocycles. The van der Waals surface area contributed by atoms with Crippen LogP contribution in [0.2, 0.25) is 10.0 Å².